The Kier molecular flexibility index (Phi) is 5.83. The van der Waals surface area contributed by atoms with Crippen molar-refractivity contribution in [1.29, 1.82) is 0 Å². The van der Waals surface area contributed by atoms with E-state index in [-0.39, 0.29) is 11.9 Å². The number of amides is 1. The number of rotatable bonds is 5. The number of carbonyl (C=O) groups excluding carboxylic acids is 1. The maximum Gasteiger partial charge on any atom is 0.222 e. The highest BCUT2D eigenvalue weighted by Crippen LogP contribution is 2.29. The second-order valence-corrected chi connectivity index (χ2v) is 9.94. The van der Waals surface area contributed by atoms with E-state index in [1.54, 1.807) is 8.82 Å². The van der Waals surface area contributed by atoms with E-state index >= 15 is 0 Å². The molecule has 3 heterocycles. The van der Waals surface area contributed by atoms with Gasteiger partial charge in [0, 0.05) is 57.0 Å². The predicted octanol–water partition coefficient (Wildman–Crippen LogP) is 2.60. The van der Waals surface area contributed by atoms with Gasteiger partial charge >= 0.3 is 0 Å². The van der Waals surface area contributed by atoms with E-state index in [9.17, 15) is 13.2 Å². The third-order valence-electron chi connectivity index (χ3n) is 5.80. The average molecular weight is 442 g/mol. The SMILES string of the molecule is CC(=O)Nc1cc2c(-c3ccc(C(C)N4CCN(S(C)(=O)=O)CC4)cc3)cccn2n1. The van der Waals surface area contributed by atoms with Crippen molar-refractivity contribution >= 4 is 27.3 Å². The number of hydrogen-bond acceptors (Lipinski definition) is 5. The molecule has 1 aliphatic rings. The minimum atomic E-state index is -3.12. The molecule has 1 amide bonds. The van der Waals surface area contributed by atoms with E-state index in [1.807, 2.05) is 24.4 Å². The monoisotopic (exact) mass is 441 g/mol. The molecule has 4 rings (SSSR count). The first-order valence-electron chi connectivity index (χ1n) is 10.3. The highest BCUT2D eigenvalue weighted by Gasteiger charge is 2.26. The van der Waals surface area contributed by atoms with Gasteiger partial charge in [-0.1, -0.05) is 30.3 Å². The van der Waals surface area contributed by atoms with Crippen molar-refractivity contribution in [3.63, 3.8) is 0 Å². The lowest BCUT2D eigenvalue weighted by Crippen LogP contribution is -2.48. The van der Waals surface area contributed by atoms with Crippen LogP contribution in [-0.2, 0) is 14.8 Å². The summed E-state index contributed by atoms with van der Waals surface area (Å²) in [6.45, 7) is 6.12. The van der Waals surface area contributed by atoms with Crippen LogP contribution >= 0.6 is 0 Å². The quantitative estimate of drug-likeness (QED) is 0.658. The highest BCUT2D eigenvalue weighted by molar-refractivity contribution is 7.88. The van der Waals surface area contributed by atoms with Crippen LogP contribution < -0.4 is 5.32 Å². The lowest BCUT2D eigenvalue weighted by molar-refractivity contribution is -0.114. The van der Waals surface area contributed by atoms with Crippen molar-refractivity contribution in [2.75, 3.05) is 37.8 Å². The third kappa shape index (κ3) is 4.63. The largest absolute Gasteiger partial charge is 0.309 e. The fourth-order valence-corrected chi connectivity index (χ4v) is 4.90. The van der Waals surface area contributed by atoms with Gasteiger partial charge in [-0.05, 0) is 24.1 Å². The van der Waals surface area contributed by atoms with Crippen molar-refractivity contribution in [3.8, 4) is 11.1 Å². The van der Waals surface area contributed by atoms with Crippen molar-refractivity contribution in [2.24, 2.45) is 0 Å². The Morgan fingerprint density at radius 2 is 1.77 bits per heavy atom. The number of fused-ring (bicyclic) bond motifs is 1. The molecule has 0 spiro atoms. The lowest BCUT2D eigenvalue weighted by atomic mass is 10.00. The summed E-state index contributed by atoms with van der Waals surface area (Å²) in [7, 11) is -3.12. The molecule has 164 valence electrons. The third-order valence-corrected chi connectivity index (χ3v) is 7.10. The van der Waals surface area contributed by atoms with Gasteiger partial charge in [0.05, 0.1) is 11.8 Å². The van der Waals surface area contributed by atoms with Gasteiger partial charge in [-0.2, -0.15) is 9.40 Å². The van der Waals surface area contributed by atoms with Gasteiger partial charge in [0.25, 0.3) is 0 Å². The van der Waals surface area contributed by atoms with Crippen molar-refractivity contribution in [2.45, 2.75) is 19.9 Å². The maximum absolute atomic E-state index is 11.7. The first-order valence-corrected chi connectivity index (χ1v) is 12.1. The number of hydrogen-bond donors (Lipinski definition) is 1. The van der Waals surface area contributed by atoms with Crippen LogP contribution in [-0.4, -0.2) is 65.6 Å². The minimum Gasteiger partial charge on any atom is -0.309 e. The Bertz CT molecular complexity index is 1200. The maximum atomic E-state index is 11.7. The van der Waals surface area contributed by atoms with Gasteiger partial charge in [0.15, 0.2) is 5.82 Å². The minimum absolute atomic E-state index is 0.152. The number of pyridine rings is 1. The molecule has 2 aromatic heterocycles. The van der Waals surface area contributed by atoms with Crippen LogP contribution in [0.25, 0.3) is 16.6 Å². The molecule has 1 N–H and O–H groups in total. The van der Waals surface area contributed by atoms with Gasteiger partial charge < -0.3 is 5.32 Å². The van der Waals surface area contributed by atoms with Gasteiger partial charge in [-0.25, -0.2) is 12.9 Å². The topological polar surface area (TPSA) is 87.0 Å². The Morgan fingerprint density at radius 1 is 1.10 bits per heavy atom. The molecule has 0 bridgehead atoms. The van der Waals surface area contributed by atoms with E-state index in [2.05, 4.69) is 46.5 Å². The molecule has 1 fully saturated rings. The zero-order chi connectivity index (χ0) is 22.2. The summed E-state index contributed by atoms with van der Waals surface area (Å²) in [5, 5.41) is 7.13. The summed E-state index contributed by atoms with van der Waals surface area (Å²) >= 11 is 0. The number of sulfonamides is 1. The molecule has 0 radical (unpaired) electrons. The van der Waals surface area contributed by atoms with Crippen molar-refractivity contribution in [3.05, 3.63) is 54.2 Å². The molecule has 0 aliphatic carbocycles. The number of nitrogens with zero attached hydrogens (tertiary/aromatic N) is 4. The second-order valence-electron chi connectivity index (χ2n) is 7.96. The normalized spacial score (nSPS) is 17.0. The fraction of sp³-hybridized carbons (Fsp3) is 0.364. The number of anilines is 1. The molecule has 9 heteroatoms. The summed E-state index contributed by atoms with van der Waals surface area (Å²) in [6.07, 6.45) is 3.13. The van der Waals surface area contributed by atoms with Crippen LogP contribution in [0, 0.1) is 0 Å². The Labute approximate surface area is 182 Å². The molecule has 1 unspecified atom stereocenters. The Balaban J connectivity index is 1.52. The zero-order valence-electron chi connectivity index (χ0n) is 17.9. The molecule has 1 atom stereocenters. The molecular weight excluding hydrogens is 414 g/mol. The van der Waals surface area contributed by atoms with Crippen LogP contribution in [0.2, 0.25) is 0 Å². The first kappa shape index (κ1) is 21.5. The summed E-state index contributed by atoms with van der Waals surface area (Å²) in [5.74, 6) is 0.374. The molecule has 3 aromatic rings. The molecule has 0 saturated carbocycles. The molecule has 8 nitrogen and oxygen atoms in total. The van der Waals surface area contributed by atoms with Crippen LogP contribution in [0.4, 0.5) is 5.82 Å². The first-order chi connectivity index (χ1) is 14.7. The van der Waals surface area contributed by atoms with Crippen LogP contribution in [0.1, 0.15) is 25.5 Å². The highest BCUT2D eigenvalue weighted by atomic mass is 32.2. The van der Waals surface area contributed by atoms with Crippen LogP contribution in [0.3, 0.4) is 0 Å². The number of aromatic nitrogens is 2. The molecule has 1 aliphatic heterocycles. The molecule has 1 saturated heterocycles. The number of piperazine rings is 1. The van der Waals surface area contributed by atoms with Crippen molar-refractivity contribution < 1.29 is 13.2 Å². The lowest BCUT2D eigenvalue weighted by Gasteiger charge is -2.37. The standard InChI is InChI=1S/C22H27N5O3S/c1-16(25-11-13-26(14-12-25)31(3,29)30)18-6-8-19(9-7-18)20-5-4-10-27-21(20)15-22(24-27)23-17(2)28/h4-10,15-16H,11-14H2,1-3H3,(H,23,24,28). The number of nitrogens with one attached hydrogen (secondary N) is 1. The summed E-state index contributed by atoms with van der Waals surface area (Å²) in [4.78, 5) is 13.7. The van der Waals surface area contributed by atoms with Gasteiger partial charge in [-0.15, -0.1) is 0 Å². The summed E-state index contributed by atoms with van der Waals surface area (Å²) in [5.41, 5.74) is 4.21. The van der Waals surface area contributed by atoms with E-state index in [0.717, 1.165) is 29.7 Å². The molecule has 1 aromatic carbocycles. The molecular formula is C22H27N5O3S. The molecule has 31 heavy (non-hydrogen) atoms. The van der Waals surface area contributed by atoms with Gasteiger partial charge in [0.1, 0.15) is 0 Å². The predicted molar refractivity (Wildman–Crippen MR) is 121 cm³/mol. The van der Waals surface area contributed by atoms with Gasteiger partial charge in [0.2, 0.25) is 15.9 Å². The smallest absolute Gasteiger partial charge is 0.222 e. The van der Waals surface area contributed by atoms with Crippen LogP contribution in [0.15, 0.2) is 48.7 Å². The zero-order valence-corrected chi connectivity index (χ0v) is 18.8. The van der Waals surface area contributed by atoms with Gasteiger partial charge in [-0.3, -0.25) is 9.69 Å². The number of carbonyl (C=O) groups is 1. The fourth-order valence-electron chi connectivity index (χ4n) is 4.08. The summed E-state index contributed by atoms with van der Waals surface area (Å²) < 4.78 is 26.8. The second kappa shape index (κ2) is 8.41. The Morgan fingerprint density at radius 3 is 2.39 bits per heavy atom. The average Bonchev–Trinajstić information content (AvgIpc) is 3.14. The Hall–Kier alpha value is -2.75. The summed E-state index contributed by atoms with van der Waals surface area (Å²) in [6, 6.07) is 14.5. The van der Waals surface area contributed by atoms with E-state index < -0.39 is 10.0 Å². The van der Waals surface area contributed by atoms with Crippen LogP contribution in [0.5, 0.6) is 0 Å². The number of benzene rings is 1. The van der Waals surface area contributed by atoms with Crippen molar-refractivity contribution in [1.82, 2.24) is 18.8 Å². The van der Waals surface area contributed by atoms with E-state index in [0.29, 0.717) is 18.9 Å². The van der Waals surface area contributed by atoms with E-state index in [1.165, 1.54) is 18.7 Å². The van der Waals surface area contributed by atoms with E-state index in [4.69, 9.17) is 0 Å².